The van der Waals surface area contributed by atoms with Gasteiger partial charge in [0.2, 0.25) is 0 Å². The highest BCUT2D eigenvalue weighted by atomic mass is 16.5. The van der Waals surface area contributed by atoms with Crippen molar-refractivity contribution >= 4 is 5.91 Å². The van der Waals surface area contributed by atoms with E-state index in [1.165, 1.54) is 6.39 Å². The summed E-state index contributed by atoms with van der Waals surface area (Å²) in [6.45, 7) is 7.56. The van der Waals surface area contributed by atoms with Crippen LogP contribution in [0.25, 0.3) is 11.3 Å². The Morgan fingerprint density at radius 1 is 1.11 bits per heavy atom. The van der Waals surface area contributed by atoms with E-state index in [1.807, 2.05) is 35.2 Å². The summed E-state index contributed by atoms with van der Waals surface area (Å²) >= 11 is 0. The van der Waals surface area contributed by atoms with E-state index < -0.39 is 0 Å². The van der Waals surface area contributed by atoms with Crippen LogP contribution in [0, 0.1) is 5.92 Å². The molecule has 1 aromatic carbocycles. The van der Waals surface area contributed by atoms with E-state index >= 15 is 0 Å². The maximum atomic E-state index is 13.0. The van der Waals surface area contributed by atoms with Crippen molar-refractivity contribution in [1.29, 1.82) is 0 Å². The molecule has 2 saturated heterocycles. The van der Waals surface area contributed by atoms with Crippen molar-refractivity contribution in [2.24, 2.45) is 5.92 Å². The number of rotatable bonds is 4. The molecule has 2 aliphatic heterocycles. The van der Waals surface area contributed by atoms with Gasteiger partial charge in [0.25, 0.3) is 5.91 Å². The first kappa shape index (κ1) is 18.2. The van der Waals surface area contributed by atoms with E-state index in [4.69, 9.17) is 9.15 Å². The third-order valence-electron chi connectivity index (χ3n) is 5.94. The number of piperidine rings is 1. The molecule has 144 valence electrons. The minimum atomic E-state index is -0.0277. The molecule has 6 nitrogen and oxygen atoms in total. The number of aromatic nitrogens is 1. The number of hydrogen-bond donors (Lipinski definition) is 0. The Morgan fingerprint density at radius 3 is 2.52 bits per heavy atom. The van der Waals surface area contributed by atoms with Gasteiger partial charge in [0, 0.05) is 37.8 Å². The van der Waals surface area contributed by atoms with E-state index in [-0.39, 0.29) is 5.91 Å². The third kappa shape index (κ3) is 3.92. The molecule has 0 saturated carbocycles. The van der Waals surface area contributed by atoms with Gasteiger partial charge in [0.15, 0.2) is 17.8 Å². The molecule has 0 unspecified atom stereocenters. The van der Waals surface area contributed by atoms with Crippen LogP contribution in [0.1, 0.15) is 30.3 Å². The van der Waals surface area contributed by atoms with Crippen molar-refractivity contribution in [3.8, 4) is 11.3 Å². The van der Waals surface area contributed by atoms with Crippen LogP contribution >= 0.6 is 0 Å². The number of benzene rings is 1. The summed E-state index contributed by atoms with van der Waals surface area (Å²) in [5.41, 5.74) is 1.30. The lowest BCUT2D eigenvalue weighted by Crippen LogP contribution is -2.49. The van der Waals surface area contributed by atoms with Crippen LogP contribution in [0.2, 0.25) is 0 Å². The molecule has 27 heavy (non-hydrogen) atoms. The van der Waals surface area contributed by atoms with E-state index in [9.17, 15) is 4.79 Å². The van der Waals surface area contributed by atoms with Crippen molar-refractivity contribution in [2.75, 3.05) is 39.4 Å². The molecule has 2 aliphatic rings. The fourth-order valence-electron chi connectivity index (χ4n) is 4.21. The Bertz CT molecular complexity index is 747. The van der Waals surface area contributed by atoms with Gasteiger partial charge < -0.3 is 14.1 Å². The van der Waals surface area contributed by atoms with Crippen LogP contribution in [0.4, 0.5) is 0 Å². The average Bonchev–Trinajstić information content (AvgIpc) is 3.24. The van der Waals surface area contributed by atoms with Crippen molar-refractivity contribution in [1.82, 2.24) is 14.8 Å². The summed E-state index contributed by atoms with van der Waals surface area (Å²) in [4.78, 5) is 21.7. The minimum Gasteiger partial charge on any atom is -0.443 e. The van der Waals surface area contributed by atoms with Crippen molar-refractivity contribution < 1.29 is 13.9 Å². The van der Waals surface area contributed by atoms with Gasteiger partial charge in [0.05, 0.1) is 13.2 Å². The zero-order valence-electron chi connectivity index (χ0n) is 15.8. The monoisotopic (exact) mass is 369 g/mol. The van der Waals surface area contributed by atoms with Gasteiger partial charge in [-0.3, -0.25) is 9.69 Å². The molecule has 3 heterocycles. The summed E-state index contributed by atoms with van der Waals surface area (Å²) in [5.74, 6) is 1.16. The lowest BCUT2D eigenvalue weighted by atomic mass is 9.89. The second kappa shape index (κ2) is 8.23. The molecular weight excluding hydrogens is 342 g/mol. The molecule has 0 aliphatic carbocycles. The lowest BCUT2D eigenvalue weighted by Gasteiger charge is -2.40. The minimum absolute atomic E-state index is 0.0277. The summed E-state index contributed by atoms with van der Waals surface area (Å²) in [7, 11) is 0. The van der Waals surface area contributed by atoms with Crippen molar-refractivity contribution in [3.05, 3.63) is 42.4 Å². The summed E-state index contributed by atoms with van der Waals surface area (Å²) in [6.07, 6.45) is 3.42. The lowest BCUT2D eigenvalue weighted by molar-refractivity contribution is -0.000980. The SMILES string of the molecule is C[C@@H](C1CCN(C(=O)c2ncoc2-c2ccccc2)CC1)N1CCOCC1. The first-order valence-corrected chi connectivity index (χ1v) is 9.84. The third-order valence-corrected chi connectivity index (χ3v) is 5.94. The Balaban J connectivity index is 1.39. The average molecular weight is 369 g/mol. The first-order valence-electron chi connectivity index (χ1n) is 9.84. The molecule has 1 aromatic heterocycles. The predicted molar refractivity (Wildman–Crippen MR) is 102 cm³/mol. The number of likely N-dealkylation sites (tertiary alicyclic amines) is 1. The molecule has 4 rings (SSSR count). The molecule has 6 heteroatoms. The molecule has 0 N–H and O–H groups in total. The highest BCUT2D eigenvalue weighted by Gasteiger charge is 2.32. The molecule has 2 aromatic rings. The second-order valence-electron chi connectivity index (χ2n) is 7.41. The highest BCUT2D eigenvalue weighted by molar-refractivity contribution is 5.97. The molecule has 1 amide bonds. The fourth-order valence-corrected chi connectivity index (χ4v) is 4.21. The number of hydrogen-bond acceptors (Lipinski definition) is 5. The standard InChI is InChI=1S/C21H27N3O3/c1-16(23-11-13-26-14-12-23)17-7-9-24(10-8-17)21(25)19-20(27-15-22-19)18-5-3-2-4-6-18/h2-6,15-17H,7-14H2,1H3/t16-/m0/s1. The number of oxazole rings is 1. The Hall–Kier alpha value is -2.18. The Morgan fingerprint density at radius 2 is 1.81 bits per heavy atom. The molecular formula is C21H27N3O3. The van der Waals surface area contributed by atoms with Crippen molar-refractivity contribution in [3.63, 3.8) is 0 Å². The Kier molecular flexibility index (Phi) is 5.55. The number of carbonyl (C=O) groups is 1. The van der Waals surface area contributed by atoms with Crippen LogP contribution in [-0.2, 0) is 4.74 Å². The second-order valence-corrected chi connectivity index (χ2v) is 7.41. The molecule has 0 spiro atoms. The van der Waals surface area contributed by atoms with Gasteiger partial charge in [-0.25, -0.2) is 4.98 Å². The van der Waals surface area contributed by atoms with E-state index in [0.717, 1.165) is 57.8 Å². The van der Waals surface area contributed by atoms with Gasteiger partial charge >= 0.3 is 0 Å². The van der Waals surface area contributed by atoms with Gasteiger partial charge in [-0.1, -0.05) is 30.3 Å². The zero-order chi connectivity index (χ0) is 18.6. The quantitative estimate of drug-likeness (QED) is 0.829. The van der Waals surface area contributed by atoms with Crippen molar-refractivity contribution in [2.45, 2.75) is 25.8 Å². The first-order chi connectivity index (χ1) is 13.2. The number of carbonyl (C=O) groups excluding carboxylic acids is 1. The smallest absolute Gasteiger partial charge is 0.276 e. The van der Waals surface area contributed by atoms with Gasteiger partial charge in [-0.05, 0) is 25.7 Å². The topological polar surface area (TPSA) is 58.8 Å². The largest absolute Gasteiger partial charge is 0.443 e. The predicted octanol–water partition coefficient (Wildman–Crippen LogP) is 2.91. The maximum Gasteiger partial charge on any atom is 0.276 e. The summed E-state index contributed by atoms with van der Waals surface area (Å²) in [6, 6.07) is 10.2. The number of nitrogens with zero attached hydrogens (tertiary/aromatic N) is 3. The number of morpholine rings is 1. The van der Waals surface area contributed by atoms with Crippen LogP contribution < -0.4 is 0 Å². The van der Waals surface area contributed by atoms with Gasteiger partial charge in [-0.2, -0.15) is 0 Å². The molecule has 1 atom stereocenters. The van der Waals surface area contributed by atoms with E-state index in [1.54, 1.807) is 0 Å². The van der Waals surface area contributed by atoms with Crippen LogP contribution in [0.3, 0.4) is 0 Å². The van der Waals surface area contributed by atoms with Crippen LogP contribution in [-0.4, -0.2) is 66.1 Å². The zero-order valence-corrected chi connectivity index (χ0v) is 15.8. The Labute approximate surface area is 160 Å². The molecule has 0 radical (unpaired) electrons. The molecule has 2 fully saturated rings. The summed E-state index contributed by atoms with van der Waals surface area (Å²) in [5, 5.41) is 0. The maximum absolute atomic E-state index is 13.0. The summed E-state index contributed by atoms with van der Waals surface area (Å²) < 4.78 is 11.0. The fraction of sp³-hybridized carbons (Fsp3) is 0.524. The number of ether oxygens (including phenoxy) is 1. The van der Waals surface area contributed by atoms with Gasteiger partial charge in [0.1, 0.15) is 0 Å². The highest BCUT2D eigenvalue weighted by Crippen LogP contribution is 2.28. The number of amides is 1. The normalized spacial score (nSPS) is 20.6. The van der Waals surface area contributed by atoms with Crippen LogP contribution in [0.15, 0.2) is 41.1 Å². The van der Waals surface area contributed by atoms with Gasteiger partial charge in [-0.15, -0.1) is 0 Å². The van der Waals surface area contributed by atoms with Crippen LogP contribution in [0.5, 0.6) is 0 Å². The van der Waals surface area contributed by atoms with E-state index in [0.29, 0.717) is 23.4 Å². The molecule has 0 bridgehead atoms. The van der Waals surface area contributed by atoms with E-state index in [2.05, 4.69) is 16.8 Å².